The first-order valence-electron chi connectivity index (χ1n) is 6.76. The summed E-state index contributed by atoms with van der Waals surface area (Å²) in [6, 6.07) is 0.372. The van der Waals surface area contributed by atoms with Gasteiger partial charge in [-0.05, 0) is 13.3 Å². The quantitative estimate of drug-likeness (QED) is 0.704. The normalized spacial score (nSPS) is 21.1. The van der Waals surface area contributed by atoms with E-state index in [2.05, 4.69) is 19.2 Å². The highest BCUT2D eigenvalue weighted by Gasteiger charge is 2.21. The Bertz CT molecular complexity index is 206. The molecule has 0 aliphatic carbocycles. The molecular weight excluding hydrogens is 200 g/mol. The molecule has 0 aromatic rings. The second-order valence-electron chi connectivity index (χ2n) is 4.80. The third kappa shape index (κ3) is 4.52. The van der Waals surface area contributed by atoms with Gasteiger partial charge in [-0.3, -0.25) is 4.79 Å². The van der Waals surface area contributed by atoms with Crippen LogP contribution >= 0.6 is 0 Å². The van der Waals surface area contributed by atoms with Gasteiger partial charge in [0.15, 0.2) is 0 Å². The monoisotopic (exact) mass is 226 g/mol. The molecule has 1 amide bonds. The number of unbranched alkanes of at least 4 members (excludes halogenated alkanes) is 4. The van der Waals surface area contributed by atoms with Gasteiger partial charge < -0.3 is 10.2 Å². The molecule has 3 heteroatoms. The lowest BCUT2D eigenvalue weighted by atomic mass is 10.1. The van der Waals surface area contributed by atoms with E-state index in [4.69, 9.17) is 0 Å². The first-order valence-corrected chi connectivity index (χ1v) is 6.76. The fraction of sp³-hybridized carbons (Fsp3) is 0.923. The average molecular weight is 226 g/mol. The van der Waals surface area contributed by atoms with E-state index in [1.807, 2.05) is 4.90 Å². The van der Waals surface area contributed by atoms with Crippen molar-refractivity contribution in [1.82, 2.24) is 10.2 Å². The van der Waals surface area contributed by atoms with Crippen LogP contribution in [0.3, 0.4) is 0 Å². The van der Waals surface area contributed by atoms with E-state index in [0.717, 1.165) is 32.5 Å². The fourth-order valence-electron chi connectivity index (χ4n) is 2.23. The van der Waals surface area contributed by atoms with Crippen molar-refractivity contribution in [1.29, 1.82) is 0 Å². The number of nitrogens with one attached hydrogen (secondary N) is 1. The highest BCUT2D eigenvalue weighted by molar-refractivity contribution is 5.76. The van der Waals surface area contributed by atoms with Crippen molar-refractivity contribution in [2.75, 3.05) is 19.6 Å². The van der Waals surface area contributed by atoms with E-state index in [1.54, 1.807) is 0 Å². The molecule has 1 fully saturated rings. The van der Waals surface area contributed by atoms with Crippen LogP contribution in [0, 0.1) is 0 Å². The Balaban J connectivity index is 2.13. The number of rotatable bonds is 6. The molecule has 1 aliphatic rings. The Labute approximate surface area is 99.6 Å². The number of carbonyl (C=O) groups is 1. The molecule has 1 heterocycles. The van der Waals surface area contributed by atoms with Crippen LogP contribution in [0.1, 0.15) is 52.4 Å². The minimum atomic E-state index is 0.352. The average Bonchev–Trinajstić information content (AvgIpc) is 2.29. The van der Waals surface area contributed by atoms with E-state index in [9.17, 15) is 4.79 Å². The number of hydrogen-bond acceptors (Lipinski definition) is 2. The van der Waals surface area contributed by atoms with Gasteiger partial charge in [0.2, 0.25) is 5.91 Å². The molecule has 1 N–H and O–H groups in total. The predicted octanol–water partition coefficient (Wildman–Crippen LogP) is 2.17. The minimum Gasteiger partial charge on any atom is -0.337 e. The van der Waals surface area contributed by atoms with Gasteiger partial charge in [0.1, 0.15) is 0 Å². The molecule has 0 spiro atoms. The number of carbonyl (C=O) groups excluding carboxylic acids is 1. The van der Waals surface area contributed by atoms with Crippen molar-refractivity contribution in [2.24, 2.45) is 0 Å². The fourth-order valence-corrected chi connectivity index (χ4v) is 2.23. The highest BCUT2D eigenvalue weighted by Crippen LogP contribution is 2.10. The maximum absolute atomic E-state index is 11.9. The van der Waals surface area contributed by atoms with Gasteiger partial charge in [0.05, 0.1) is 0 Å². The van der Waals surface area contributed by atoms with Crippen LogP contribution in [0.25, 0.3) is 0 Å². The van der Waals surface area contributed by atoms with Crippen LogP contribution in [0.4, 0.5) is 0 Å². The summed E-state index contributed by atoms with van der Waals surface area (Å²) in [6.45, 7) is 7.12. The van der Waals surface area contributed by atoms with Crippen LogP contribution in [-0.2, 0) is 4.79 Å². The molecule has 0 radical (unpaired) electrons. The summed E-state index contributed by atoms with van der Waals surface area (Å²) in [6.07, 6.45) is 6.87. The Morgan fingerprint density at radius 3 is 2.75 bits per heavy atom. The molecule has 1 atom stereocenters. The van der Waals surface area contributed by atoms with Crippen LogP contribution in [-0.4, -0.2) is 36.5 Å². The van der Waals surface area contributed by atoms with E-state index >= 15 is 0 Å². The number of nitrogens with zero attached hydrogens (tertiary/aromatic N) is 1. The molecule has 16 heavy (non-hydrogen) atoms. The topological polar surface area (TPSA) is 32.3 Å². The largest absolute Gasteiger partial charge is 0.337 e. The zero-order valence-electron chi connectivity index (χ0n) is 10.8. The van der Waals surface area contributed by atoms with Crippen molar-refractivity contribution in [3.8, 4) is 0 Å². The third-order valence-electron chi connectivity index (χ3n) is 3.32. The lowest BCUT2D eigenvalue weighted by Crippen LogP contribution is -2.52. The molecule has 1 saturated heterocycles. The Morgan fingerprint density at radius 2 is 2.06 bits per heavy atom. The second-order valence-corrected chi connectivity index (χ2v) is 4.80. The molecule has 0 aromatic carbocycles. The second kappa shape index (κ2) is 7.66. The molecular formula is C13H26N2O. The summed E-state index contributed by atoms with van der Waals surface area (Å²) in [5, 5.41) is 3.31. The molecule has 1 rings (SSSR count). The van der Waals surface area contributed by atoms with E-state index in [0.29, 0.717) is 11.9 Å². The highest BCUT2D eigenvalue weighted by atomic mass is 16.2. The van der Waals surface area contributed by atoms with Crippen molar-refractivity contribution >= 4 is 5.91 Å². The van der Waals surface area contributed by atoms with Crippen LogP contribution in [0.2, 0.25) is 0 Å². The molecule has 0 aromatic heterocycles. The van der Waals surface area contributed by atoms with Gasteiger partial charge in [-0.15, -0.1) is 0 Å². The summed E-state index contributed by atoms with van der Waals surface area (Å²) in [7, 11) is 0. The minimum absolute atomic E-state index is 0.352. The first kappa shape index (κ1) is 13.5. The lowest BCUT2D eigenvalue weighted by Gasteiger charge is -2.34. The zero-order chi connectivity index (χ0) is 11.8. The van der Waals surface area contributed by atoms with Crippen molar-refractivity contribution in [3.05, 3.63) is 0 Å². The molecule has 0 saturated carbocycles. The van der Waals surface area contributed by atoms with Crippen LogP contribution in [0.5, 0.6) is 0 Å². The molecule has 3 nitrogen and oxygen atoms in total. The Kier molecular flexibility index (Phi) is 6.46. The van der Waals surface area contributed by atoms with E-state index in [1.165, 1.54) is 25.7 Å². The molecule has 0 bridgehead atoms. The van der Waals surface area contributed by atoms with E-state index in [-0.39, 0.29) is 0 Å². The predicted molar refractivity (Wildman–Crippen MR) is 67.4 cm³/mol. The zero-order valence-corrected chi connectivity index (χ0v) is 10.8. The van der Waals surface area contributed by atoms with E-state index < -0.39 is 0 Å². The standard InChI is InChI=1S/C13H26N2O/c1-3-4-5-6-7-8-13(16)15-10-9-14-11-12(15)2/h12,14H,3-11H2,1-2H3/t12-/m1/s1. The molecule has 1 aliphatic heterocycles. The third-order valence-corrected chi connectivity index (χ3v) is 3.32. The van der Waals surface area contributed by atoms with Gasteiger partial charge in [0, 0.05) is 32.1 Å². The van der Waals surface area contributed by atoms with Gasteiger partial charge in [-0.2, -0.15) is 0 Å². The van der Waals surface area contributed by atoms with Gasteiger partial charge in [-0.1, -0.05) is 32.6 Å². The Hall–Kier alpha value is -0.570. The summed E-state index contributed by atoms with van der Waals surface area (Å²) in [5.41, 5.74) is 0. The summed E-state index contributed by atoms with van der Waals surface area (Å²) in [4.78, 5) is 14.0. The summed E-state index contributed by atoms with van der Waals surface area (Å²) >= 11 is 0. The first-order chi connectivity index (χ1) is 7.75. The number of piperazine rings is 1. The number of hydrogen-bond donors (Lipinski definition) is 1. The van der Waals surface area contributed by atoms with Crippen molar-refractivity contribution < 1.29 is 4.79 Å². The molecule has 94 valence electrons. The SMILES string of the molecule is CCCCCCCC(=O)N1CCNC[C@H]1C. The molecule has 0 unspecified atom stereocenters. The Morgan fingerprint density at radius 1 is 1.31 bits per heavy atom. The van der Waals surface area contributed by atoms with Gasteiger partial charge in [-0.25, -0.2) is 0 Å². The van der Waals surface area contributed by atoms with Gasteiger partial charge >= 0.3 is 0 Å². The maximum atomic E-state index is 11.9. The van der Waals surface area contributed by atoms with Crippen molar-refractivity contribution in [3.63, 3.8) is 0 Å². The van der Waals surface area contributed by atoms with Crippen LogP contribution in [0.15, 0.2) is 0 Å². The number of amides is 1. The summed E-state index contributed by atoms with van der Waals surface area (Å²) < 4.78 is 0. The smallest absolute Gasteiger partial charge is 0.222 e. The van der Waals surface area contributed by atoms with Crippen LogP contribution < -0.4 is 5.32 Å². The maximum Gasteiger partial charge on any atom is 0.222 e. The lowest BCUT2D eigenvalue weighted by molar-refractivity contribution is -0.134. The summed E-state index contributed by atoms with van der Waals surface area (Å²) in [5.74, 6) is 0.352. The van der Waals surface area contributed by atoms with Gasteiger partial charge in [0.25, 0.3) is 0 Å². The van der Waals surface area contributed by atoms with Crippen molar-refractivity contribution in [2.45, 2.75) is 58.4 Å².